The molecule has 4 heteroatoms. The van der Waals surface area contributed by atoms with Crippen molar-refractivity contribution in [2.24, 2.45) is 5.16 Å². The fraction of sp³-hybridized carbons (Fsp3) is 0.462. The summed E-state index contributed by atoms with van der Waals surface area (Å²) in [4.78, 5) is 5.40. The Morgan fingerprint density at radius 1 is 1.41 bits per heavy atom. The van der Waals surface area contributed by atoms with Gasteiger partial charge in [0.15, 0.2) is 6.10 Å². The lowest BCUT2D eigenvalue weighted by Crippen LogP contribution is -2.85. The van der Waals surface area contributed by atoms with Crippen LogP contribution in [0, 0.1) is 0 Å². The maximum atomic E-state index is 5.40. The molecule has 0 bridgehead atoms. The molecule has 2 rings (SSSR count). The second-order valence-electron chi connectivity index (χ2n) is 4.13. The number of oxime groups is 1. The molecule has 2 N–H and O–H groups in total. The Morgan fingerprint density at radius 3 is 2.82 bits per heavy atom. The number of benzene rings is 1. The second kappa shape index (κ2) is 5.68. The Bertz CT molecular complexity index is 387. The number of rotatable bonds is 5. The first-order valence-corrected chi connectivity index (χ1v) is 6.02. The van der Waals surface area contributed by atoms with E-state index in [0.717, 1.165) is 36.5 Å². The Kier molecular flexibility index (Phi) is 3.98. The molecule has 1 heterocycles. The van der Waals surface area contributed by atoms with Gasteiger partial charge in [0.1, 0.15) is 12.3 Å². The molecule has 4 nitrogen and oxygen atoms in total. The second-order valence-corrected chi connectivity index (χ2v) is 4.13. The van der Waals surface area contributed by atoms with Gasteiger partial charge in [-0.1, -0.05) is 5.16 Å². The van der Waals surface area contributed by atoms with E-state index in [4.69, 9.17) is 9.57 Å². The van der Waals surface area contributed by atoms with Gasteiger partial charge in [0.25, 0.3) is 0 Å². The Morgan fingerprint density at radius 2 is 2.18 bits per heavy atom. The third-order valence-corrected chi connectivity index (χ3v) is 2.87. The van der Waals surface area contributed by atoms with Crippen molar-refractivity contribution in [3.05, 3.63) is 29.8 Å². The first-order chi connectivity index (χ1) is 8.33. The van der Waals surface area contributed by atoms with Gasteiger partial charge in [-0.2, -0.15) is 0 Å². The predicted octanol–water partition coefficient (Wildman–Crippen LogP) is 0.772. The standard InChI is InChI=1S/C13H18N2O2/c1-3-14-9-12-8-13(15-17-12)10-4-6-11(16-2)7-5-10/h4-7,12,14H,3,8-9H2,1-2H3/p+1/t12-/m1/s1. The van der Waals surface area contributed by atoms with Gasteiger partial charge in [-0.15, -0.1) is 0 Å². The van der Waals surface area contributed by atoms with Crippen molar-refractivity contribution >= 4 is 5.71 Å². The molecule has 0 saturated carbocycles. The van der Waals surface area contributed by atoms with Crippen molar-refractivity contribution in [3.63, 3.8) is 0 Å². The van der Waals surface area contributed by atoms with Crippen LogP contribution in [0.15, 0.2) is 29.4 Å². The van der Waals surface area contributed by atoms with Crippen molar-refractivity contribution in [1.82, 2.24) is 0 Å². The smallest absolute Gasteiger partial charge is 0.181 e. The van der Waals surface area contributed by atoms with Crippen molar-refractivity contribution in [2.45, 2.75) is 19.4 Å². The lowest BCUT2D eigenvalue weighted by molar-refractivity contribution is -0.657. The number of nitrogens with zero attached hydrogens (tertiary/aromatic N) is 1. The molecule has 1 aromatic carbocycles. The average Bonchev–Trinajstić information content (AvgIpc) is 2.85. The molecule has 17 heavy (non-hydrogen) atoms. The summed E-state index contributed by atoms with van der Waals surface area (Å²) in [6, 6.07) is 7.94. The molecule has 0 fully saturated rings. The number of hydrogen-bond acceptors (Lipinski definition) is 3. The van der Waals surface area contributed by atoms with E-state index in [1.165, 1.54) is 0 Å². The summed E-state index contributed by atoms with van der Waals surface area (Å²) < 4.78 is 5.13. The van der Waals surface area contributed by atoms with Crippen LogP contribution in [0.3, 0.4) is 0 Å². The van der Waals surface area contributed by atoms with Crippen LogP contribution in [-0.2, 0) is 4.84 Å². The van der Waals surface area contributed by atoms with Crippen LogP contribution >= 0.6 is 0 Å². The highest BCUT2D eigenvalue weighted by atomic mass is 16.6. The SMILES string of the molecule is CC[NH2+]C[C@H]1CC(c2ccc(OC)cc2)=NO1. The third-order valence-electron chi connectivity index (χ3n) is 2.87. The normalized spacial score (nSPS) is 18.7. The van der Waals surface area contributed by atoms with E-state index in [0.29, 0.717) is 0 Å². The Hall–Kier alpha value is -1.55. The summed E-state index contributed by atoms with van der Waals surface area (Å²) in [7, 11) is 1.67. The van der Waals surface area contributed by atoms with E-state index < -0.39 is 0 Å². The van der Waals surface area contributed by atoms with E-state index >= 15 is 0 Å². The summed E-state index contributed by atoms with van der Waals surface area (Å²) in [5.41, 5.74) is 2.15. The fourth-order valence-corrected chi connectivity index (χ4v) is 1.86. The quantitative estimate of drug-likeness (QED) is 0.819. The van der Waals surface area contributed by atoms with Gasteiger partial charge >= 0.3 is 0 Å². The molecule has 1 atom stereocenters. The number of hydrogen-bond donors (Lipinski definition) is 1. The lowest BCUT2D eigenvalue weighted by atomic mass is 10.0. The molecule has 0 amide bonds. The number of ether oxygens (including phenoxy) is 1. The highest BCUT2D eigenvalue weighted by Crippen LogP contribution is 2.18. The van der Waals surface area contributed by atoms with Crippen molar-refractivity contribution in [3.8, 4) is 5.75 Å². The number of nitrogens with two attached hydrogens (primary N) is 1. The van der Waals surface area contributed by atoms with E-state index in [1.54, 1.807) is 7.11 Å². The van der Waals surface area contributed by atoms with Gasteiger partial charge < -0.3 is 14.9 Å². The van der Waals surface area contributed by atoms with Gasteiger partial charge in [0, 0.05) is 6.42 Å². The van der Waals surface area contributed by atoms with E-state index in [-0.39, 0.29) is 6.10 Å². The fourth-order valence-electron chi connectivity index (χ4n) is 1.86. The van der Waals surface area contributed by atoms with Crippen LogP contribution in [0.4, 0.5) is 0 Å². The molecule has 0 aliphatic carbocycles. The van der Waals surface area contributed by atoms with Crippen molar-refractivity contribution < 1.29 is 14.9 Å². The number of methoxy groups -OCH3 is 1. The van der Waals surface area contributed by atoms with E-state index in [2.05, 4.69) is 17.4 Å². The van der Waals surface area contributed by atoms with Crippen LogP contribution in [0.2, 0.25) is 0 Å². The average molecular weight is 235 g/mol. The first kappa shape index (κ1) is 11.9. The van der Waals surface area contributed by atoms with Crippen LogP contribution < -0.4 is 10.1 Å². The molecule has 92 valence electrons. The molecule has 1 aliphatic heterocycles. The highest BCUT2D eigenvalue weighted by Gasteiger charge is 2.23. The Labute approximate surface area is 102 Å². The van der Waals surface area contributed by atoms with Gasteiger partial charge in [0.05, 0.1) is 19.4 Å². The topological polar surface area (TPSA) is 47.4 Å². The Balaban J connectivity index is 1.95. The molecule has 0 spiro atoms. The molecule has 0 radical (unpaired) electrons. The minimum atomic E-state index is 0.215. The van der Waals surface area contributed by atoms with Gasteiger partial charge in [-0.25, -0.2) is 0 Å². The van der Waals surface area contributed by atoms with Crippen molar-refractivity contribution in [2.75, 3.05) is 20.2 Å². The summed E-state index contributed by atoms with van der Waals surface area (Å²) >= 11 is 0. The zero-order valence-corrected chi connectivity index (χ0v) is 10.3. The zero-order valence-electron chi connectivity index (χ0n) is 10.3. The van der Waals surface area contributed by atoms with Crippen LogP contribution in [0.25, 0.3) is 0 Å². The minimum Gasteiger partial charge on any atom is -0.497 e. The molecule has 0 aromatic heterocycles. The molecule has 1 aromatic rings. The number of likely N-dealkylation sites (N-methyl/N-ethyl adjacent to an activating group) is 1. The predicted molar refractivity (Wildman–Crippen MR) is 66.4 cm³/mol. The van der Waals surface area contributed by atoms with Gasteiger partial charge in [-0.05, 0) is 36.8 Å². The summed E-state index contributed by atoms with van der Waals surface area (Å²) in [5.74, 6) is 0.865. The molecular weight excluding hydrogens is 216 g/mol. The van der Waals surface area contributed by atoms with Crippen LogP contribution in [0.5, 0.6) is 5.75 Å². The van der Waals surface area contributed by atoms with E-state index in [1.807, 2.05) is 24.3 Å². The molecule has 0 unspecified atom stereocenters. The molecule has 0 saturated heterocycles. The molecular formula is C13H19N2O2+. The number of quaternary nitrogens is 1. The summed E-state index contributed by atoms with van der Waals surface area (Å²) in [5, 5.41) is 6.38. The summed E-state index contributed by atoms with van der Waals surface area (Å²) in [6.45, 7) is 4.19. The highest BCUT2D eigenvalue weighted by molar-refractivity contribution is 6.01. The van der Waals surface area contributed by atoms with Crippen molar-refractivity contribution in [1.29, 1.82) is 0 Å². The summed E-state index contributed by atoms with van der Waals surface area (Å²) in [6.07, 6.45) is 1.11. The van der Waals surface area contributed by atoms with Crippen LogP contribution in [0.1, 0.15) is 18.9 Å². The largest absolute Gasteiger partial charge is 0.497 e. The van der Waals surface area contributed by atoms with E-state index in [9.17, 15) is 0 Å². The minimum absolute atomic E-state index is 0.215. The van der Waals surface area contributed by atoms with Gasteiger partial charge in [0.2, 0.25) is 0 Å². The lowest BCUT2D eigenvalue weighted by Gasteiger charge is -2.05. The first-order valence-electron chi connectivity index (χ1n) is 6.02. The zero-order chi connectivity index (χ0) is 12.1. The maximum absolute atomic E-state index is 5.40. The monoisotopic (exact) mass is 235 g/mol. The van der Waals surface area contributed by atoms with Crippen LogP contribution in [-0.4, -0.2) is 32.0 Å². The third kappa shape index (κ3) is 2.97. The molecule has 1 aliphatic rings. The maximum Gasteiger partial charge on any atom is 0.181 e. The van der Waals surface area contributed by atoms with Gasteiger partial charge in [-0.3, -0.25) is 0 Å².